The number of rotatable bonds is 4. The first kappa shape index (κ1) is 20.8. The normalized spacial score (nSPS) is 24.7. The van der Waals surface area contributed by atoms with Gasteiger partial charge in [-0.3, -0.25) is 9.69 Å². The molecule has 0 bridgehead atoms. The minimum atomic E-state index is 0.0228. The first-order valence-electron chi connectivity index (χ1n) is 12.2. The second-order valence-corrected chi connectivity index (χ2v) is 10.2. The Morgan fingerprint density at radius 3 is 2.68 bits per heavy atom. The quantitative estimate of drug-likeness (QED) is 0.366. The summed E-state index contributed by atoms with van der Waals surface area (Å²) in [6.45, 7) is 5.84. The molecule has 4 nitrogen and oxygen atoms in total. The molecule has 5 rings (SSSR count). The zero-order valence-corrected chi connectivity index (χ0v) is 19.3. The van der Waals surface area contributed by atoms with Crippen LogP contribution in [0.25, 0.3) is 10.9 Å². The van der Waals surface area contributed by atoms with Crippen LogP contribution >= 0.6 is 0 Å². The number of aromatic nitrogens is 1. The molecule has 2 heterocycles. The van der Waals surface area contributed by atoms with Crippen molar-refractivity contribution >= 4 is 16.9 Å². The highest BCUT2D eigenvalue weighted by molar-refractivity contribution is 5.89. The molecule has 1 fully saturated rings. The van der Waals surface area contributed by atoms with E-state index in [0.29, 0.717) is 24.6 Å². The zero-order chi connectivity index (χ0) is 21.5. The first-order chi connectivity index (χ1) is 15.0. The van der Waals surface area contributed by atoms with Crippen LogP contribution in [0.5, 0.6) is 0 Å². The number of carbonyl (C=O) groups excluding carboxylic acids is 1. The lowest BCUT2D eigenvalue weighted by Gasteiger charge is -2.41. The smallest absolute Gasteiger partial charge is 0.309 e. The second kappa shape index (κ2) is 8.46. The summed E-state index contributed by atoms with van der Waals surface area (Å²) in [6.07, 6.45) is 12.7. The lowest BCUT2D eigenvalue weighted by Crippen LogP contribution is -2.44. The number of carbonyl (C=O) groups is 1. The van der Waals surface area contributed by atoms with Gasteiger partial charge in [-0.05, 0) is 62.9 Å². The molecule has 1 aromatic heterocycles. The third-order valence-corrected chi connectivity index (χ3v) is 7.75. The standard InChI is InChI=1S/C27H36N2O2/c1-18(2)29-16-21-14-25-23(22-11-8-12-24(29)26(21)22)13-19(15-28(25)3)17-31-27(30)20-9-6-4-5-7-10-20/h8,11-13,16,18,20,23,25H,4-7,9-10,14-15,17H2,1-3H3/t23-,25-/m1/s1. The number of likely N-dealkylation sites (N-methyl/N-ethyl adjacent to an activating group) is 1. The molecule has 0 spiro atoms. The molecule has 4 heteroatoms. The van der Waals surface area contributed by atoms with Crippen molar-refractivity contribution in [3.05, 3.63) is 47.2 Å². The minimum Gasteiger partial charge on any atom is -0.461 e. The Labute approximate surface area is 186 Å². The molecule has 0 radical (unpaired) electrons. The van der Waals surface area contributed by atoms with Crippen LogP contribution in [0.3, 0.4) is 0 Å². The molecular weight excluding hydrogens is 384 g/mol. The van der Waals surface area contributed by atoms with Crippen LogP contribution in [0.15, 0.2) is 36.0 Å². The number of fused-ring (bicyclic) bond motifs is 2. The first-order valence-corrected chi connectivity index (χ1v) is 12.2. The lowest BCUT2D eigenvalue weighted by atomic mass is 9.77. The Morgan fingerprint density at radius 2 is 1.94 bits per heavy atom. The van der Waals surface area contributed by atoms with Crippen LogP contribution < -0.4 is 0 Å². The number of ether oxygens (including phenoxy) is 1. The monoisotopic (exact) mass is 420 g/mol. The van der Waals surface area contributed by atoms with Gasteiger partial charge in [0, 0.05) is 41.6 Å². The summed E-state index contributed by atoms with van der Waals surface area (Å²) in [7, 11) is 2.22. The highest BCUT2D eigenvalue weighted by atomic mass is 16.5. The summed E-state index contributed by atoms with van der Waals surface area (Å²) in [5, 5.41) is 1.44. The molecule has 0 unspecified atom stereocenters. The summed E-state index contributed by atoms with van der Waals surface area (Å²) in [5.41, 5.74) is 5.50. The molecule has 3 aliphatic rings. The third-order valence-electron chi connectivity index (χ3n) is 7.75. The van der Waals surface area contributed by atoms with E-state index in [1.807, 2.05) is 0 Å². The third kappa shape index (κ3) is 3.84. The molecule has 1 aromatic carbocycles. The van der Waals surface area contributed by atoms with Gasteiger partial charge >= 0.3 is 5.97 Å². The SMILES string of the molecule is CC(C)n1cc2c3c(cccc31)[C@H]1C=C(COC(=O)C3CCCCCC3)CN(C)[C@@H]1C2. The van der Waals surface area contributed by atoms with Gasteiger partial charge in [-0.25, -0.2) is 0 Å². The highest BCUT2D eigenvalue weighted by Crippen LogP contribution is 2.43. The van der Waals surface area contributed by atoms with Crippen molar-refractivity contribution in [2.24, 2.45) is 5.92 Å². The van der Waals surface area contributed by atoms with Crippen LogP contribution in [0.4, 0.5) is 0 Å². The van der Waals surface area contributed by atoms with Gasteiger partial charge in [0.15, 0.2) is 0 Å². The number of benzene rings is 1. The molecule has 2 aromatic rings. The molecule has 0 saturated heterocycles. The second-order valence-electron chi connectivity index (χ2n) is 10.2. The Balaban J connectivity index is 1.39. The largest absolute Gasteiger partial charge is 0.461 e. The van der Waals surface area contributed by atoms with Crippen LogP contribution in [-0.2, 0) is 16.0 Å². The van der Waals surface area contributed by atoms with Crippen molar-refractivity contribution in [3.8, 4) is 0 Å². The zero-order valence-electron chi connectivity index (χ0n) is 19.3. The van der Waals surface area contributed by atoms with E-state index in [1.165, 1.54) is 40.4 Å². The Bertz CT molecular complexity index is 994. The van der Waals surface area contributed by atoms with Gasteiger partial charge in [0.05, 0.1) is 5.92 Å². The maximum atomic E-state index is 12.7. The fraction of sp³-hybridized carbons (Fsp3) is 0.593. The summed E-state index contributed by atoms with van der Waals surface area (Å²) >= 11 is 0. The molecule has 0 N–H and O–H groups in total. The molecule has 2 atom stereocenters. The molecular formula is C27H36N2O2. The summed E-state index contributed by atoms with van der Waals surface area (Å²) in [5.74, 6) is 0.498. The predicted molar refractivity (Wildman–Crippen MR) is 125 cm³/mol. The van der Waals surface area contributed by atoms with Crippen LogP contribution in [-0.4, -0.2) is 41.7 Å². The Hall–Kier alpha value is -2.07. The van der Waals surface area contributed by atoms with Gasteiger partial charge in [0.25, 0.3) is 0 Å². The number of nitrogens with zero attached hydrogens (tertiary/aromatic N) is 2. The van der Waals surface area contributed by atoms with E-state index in [-0.39, 0.29) is 11.9 Å². The maximum Gasteiger partial charge on any atom is 0.309 e. The fourth-order valence-electron chi connectivity index (χ4n) is 6.11. The van der Waals surface area contributed by atoms with Crippen molar-refractivity contribution in [1.82, 2.24) is 9.47 Å². The van der Waals surface area contributed by atoms with Crippen molar-refractivity contribution in [3.63, 3.8) is 0 Å². The Kier molecular flexibility index (Phi) is 5.68. The van der Waals surface area contributed by atoms with E-state index < -0.39 is 0 Å². The van der Waals surface area contributed by atoms with E-state index in [0.717, 1.165) is 38.6 Å². The van der Waals surface area contributed by atoms with Crippen LogP contribution in [0.2, 0.25) is 0 Å². The van der Waals surface area contributed by atoms with E-state index in [2.05, 4.69) is 60.8 Å². The van der Waals surface area contributed by atoms with Crippen molar-refractivity contribution in [2.45, 2.75) is 76.8 Å². The molecule has 0 amide bonds. The van der Waals surface area contributed by atoms with Crippen molar-refractivity contribution < 1.29 is 9.53 Å². The van der Waals surface area contributed by atoms with Gasteiger partial charge in [-0.15, -0.1) is 0 Å². The summed E-state index contributed by atoms with van der Waals surface area (Å²) in [4.78, 5) is 15.1. The van der Waals surface area contributed by atoms with Gasteiger partial charge in [0.1, 0.15) is 6.61 Å². The van der Waals surface area contributed by atoms with E-state index in [4.69, 9.17) is 4.74 Å². The lowest BCUT2D eigenvalue weighted by molar-refractivity contribution is -0.148. The predicted octanol–water partition coefficient (Wildman–Crippen LogP) is 5.62. The highest BCUT2D eigenvalue weighted by Gasteiger charge is 2.36. The molecule has 1 saturated carbocycles. The fourth-order valence-corrected chi connectivity index (χ4v) is 6.11. The van der Waals surface area contributed by atoms with Crippen LogP contribution in [0, 0.1) is 5.92 Å². The van der Waals surface area contributed by atoms with Gasteiger partial charge in [-0.1, -0.05) is 43.9 Å². The van der Waals surface area contributed by atoms with Crippen molar-refractivity contribution in [2.75, 3.05) is 20.2 Å². The number of hydrogen-bond donors (Lipinski definition) is 0. The molecule has 2 aliphatic carbocycles. The molecule has 166 valence electrons. The molecule has 31 heavy (non-hydrogen) atoms. The van der Waals surface area contributed by atoms with E-state index in [9.17, 15) is 4.79 Å². The van der Waals surface area contributed by atoms with Crippen molar-refractivity contribution in [1.29, 1.82) is 0 Å². The van der Waals surface area contributed by atoms with Gasteiger partial charge < -0.3 is 9.30 Å². The maximum absolute atomic E-state index is 12.7. The number of esters is 1. The van der Waals surface area contributed by atoms with E-state index >= 15 is 0 Å². The number of hydrogen-bond acceptors (Lipinski definition) is 3. The summed E-state index contributed by atoms with van der Waals surface area (Å²) in [6, 6.07) is 7.70. The summed E-state index contributed by atoms with van der Waals surface area (Å²) < 4.78 is 8.27. The molecule has 1 aliphatic heterocycles. The van der Waals surface area contributed by atoms with Gasteiger partial charge in [-0.2, -0.15) is 0 Å². The average molecular weight is 421 g/mol. The average Bonchev–Trinajstić information content (AvgIpc) is 2.94. The van der Waals surface area contributed by atoms with Crippen LogP contribution in [0.1, 0.15) is 75.5 Å². The minimum absolute atomic E-state index is 0.0228. The topological polar surface area (TPSA) is 34.5 Å². The van der Waals surface area contributed by atoms with Gasteiger partial charge in [0.2, 0.25) is 0 Å². The van der Waals surface area contributed by atoms with E-state index in [1.54, 1.807) is 0 Å². The Morgan fingerprint density at radius 1 is 1.16 bits per heavy atom.